The summed E-state index contributed by atoms with van der Waals surface area (Å²) in [7, 11) is 0. The lowest BCUT2D eigenvalue weighted by molar-refractivity contribution is 0.484. The lowest BCUT2D eigenvalue weighted by atomic mass is 9.88. The molecule has 0 saturated heterocycles. The summed E-state index contributed by atoms with van der Waals surface area (Å²) in [5.74, 6) is 0. The van der Waals surface area contributed by atoms with Crippen LogP contribution in [0.1, 0.15) is 57.9 Å². The summed E-state index contributed by atoms with van der Waals surface area (Å²) < 4.78 is 0.0906. The summed E-state index contributed by atoms with van der Waals surface area (Å²) in [4.78, 5) is 0. The fourth-order valence-electron chi connectivity index (χ4n) is 2.10. The van der Waals surface area contributed by atoms with E-state index in [2.05, 4.69) is 44.2 Å². The maximum atomic E-state index is 4.98. The van der Waals surface area contributed by atoms with E-state index in [9.17, 15) is 0 Å². The lowest BCUT2D eigenvalue weighted by Gasteiger charge is -2.29. The fraction of sp³-hybridized carbons (Fsp3) is 0.600. The van der Waals surface area contributed by atoms with Crippen LogP contribution in [0.4, 0.5) is 0 Å². The molecule has 1 aromatic carbocycles. The topological polar surface area (TPSA) is 0 Å². The Kier molecular flexibility index (Phi) is 5.97. The number of unbranched alkanes of at least 4 members (excludes halogenated alkanes) is 2. The molecule has 0 amide bonds. The lowest BCUT2D eigenvalue weighted by Crippen LogP contribution is -2.18. The minimum atomic E-state index is 0.0906. The highest BCUT2D eigenvalue weighted by Gasteiger charge is 2.25. The number of hydrogen-bond acceptors (Lipinski definition) is 1. The van der Waals surface area contributed by atoms with Crippen LogP contribution < -0.4 is 0 Å². The Balaban J connectivity index is 2.77. The molecule has 0 aromatic heterocycles. The molecular weight excluding hydrogens is 212 g/mol. The Morgan fingerprint density at radius 2 is 1.44 bits per heavy atom. The highest BCUT2D eigenvalue weighted by Crippen LogP contribution is 2.38. The molecule has 1 aromatic rings. The maximum absolute atomic E-state index is 4.98. The molecule has 0 aliphatic carbocycles. The van der Waals surface area contributed by atoms with E-state index < -0.39 is 0 Å². The van der Waals surface area contributed by atoms with Crippen molar-refractivity contribution in [2.75, 3.05) is 0 Å². The molecule has 0 nitrogen and oxygen atoms in total. The molecule has 90 valence electrons. The molecule has 16 heavy (non-hydrogen) atoms. The highest BCUT2D eigenvalue weighted by molar-refractivity contribution is 7.81. The van der Waals surface area contributed by atoms with Crippen molar-refractivity contribution in [1.29, 1.82) is 0 Å². The van der Waals surface area contributed by atoms with E-state index in [-0.39, 0.29) is 4.75 Å². The van der Waals surface area contributed by atoms with Crippen molar-refractivity contribution in [1.82, 2.24) is 0 Å². The van der Waals surface area contributed by atoms with Crippen LogP contribution in [0.25, 0.3) is 0 Å². The highest BCUT2D eigenvalue weighted by atomic mass is 32.1. The standard InChI is InChI=1S/C15H24S/c1-3-5-12-15(16,13-6-4-2)14-10-8-7-9-11-14/h7-11,16H,3-6,12-13H2,1-2H3. The van der Waals surface area contributed by atoms with E-state index in [0.717, 1.165) is 0 Å². The first-order valence-corrected chi connectivity index (χ1v) is 6.95. The van der Waals surface area contributed by atoms with Crippen molar-refractivity contribution in [3.8, 4) is 0 Å². The molecule has 0 spiro atoms. The minimum Gasteiger partial charge on any atom is -0.168 e. The SMILES string of the molecule is CCCCC(S)(CCCC)c1ccccc1. The van der Waals surface area contributed by atoms with Gasteiger partial charge in [0, 0.05) is 4.75 Å². The molecule has 1 rings (SSSR count). The third-order valence-corrected chi connectivity index (χ3v) is 3.90. The summed E-state index contributed by atoms with van der Waals surface area (Å²) in [5.41, 5.74) is 1.39. The molecule has 0 fully saturated rings. The van der Waals surface area contributed by atoms with Crippen molar-refractivity contribution in [2.24, 2.45) is 0 Å². The van der Waals surface area contributed by atoms with Gasteiger partial charge in [-0.05, 0) is 18.4 Å². The second kappa shape index (κ2) is 7.01. The normalized spacial score (nSPS) is 11.7. The fourth-order valence-corrected chi connectivity index (χ4v) is 2.57. The Morgan fingerprint density at radius 3 is 1.88 bits per heavy atom. The zero-order valence-electron chi connectivity index (χ0n) is 10.6. The van der Waals surface area contributed by atoms with Crippen molar-refractivity contribution in [3.05, 3.63) is 35.9 Å². The van der Waals surface area contributed by atoms with Crippen LogP contribution in [0.5, 0.6) is 0 Å². The van der Waals surface area contributed by atoms with E-state index in [0.29, 0.717) is 0 Å². The van der Waals surface area contributed by atoms with Crippen molar-refractivity contribution in [2.45, 2.75) is 57.1 Å². The minimum absolute atomic E-state index is 0.0906. The van der Waals surface area contributed by atoms with Crippen molar-refractivity contribution < 1.29 is 0 Å². The van der Waals surface area contributed by atoms with Crippen LogP contribution in [0.3, 0.4) is 0 Å². The molecule has 0 unspecified atom stereocenters. The molecule has 0 heterocycles. The Labute approximate surface area is 106 Å². The average Bonchev–Trinajstić information content (AvgIpc) is 2.35. The molecule has 0 aliphatic rings. The van der Waals surface area contributed by atoms with Crippen LogP contribution in [-0.4, -0.2) is 0 Å². The third kappa shape index (κ3) is 3.86. The van der Waals surface area contributed by atoms with E-state index >= 15 is 0 Å². The summed E-state index contributed by atoms with van der Waals surface area (Å²) in [5, 5.41) is 0. The van der Waals surface area contributed by atoms with E-state index in [4.69, 9.17) is 12.6 Å². The number of rotatable bonds is 7. The van der Waals surface area contributed by atoms with E-state index in [1.165, 1.54) is 44.1 Å². The second-order valence-electron chi connectivity index (χ2n) is 4.60. The quantitative estimate of drug-likeness (QED) is 0.619. The first kappa shape index (κ1) is 13.6. The molecule has 0 aliphatic heterocycles. The average molecular weight is 236 g/mol. The van der Waals surface area contributed by atoms with E-state index in [1.807, 2.05) is 0 Å². The van der Waals surface area contributed by atoms with Crippen LogP contribution in [-0.2, 0) is 4.75 Å². The Hall–Kier alpha value is -0.430. The van der Waals surface area contributed by atoms with Crippen molar-refractivity contribution >= 4 is 12.6 Å². The van der Waals surface area contributed by atoms with Crippen molar-refractivity contribution in [3.63, 3.8) is 0 Å². The number of thiol groups is 1. The maximum Gasteiger partial charge on any atom is 0.0378 e. The van der Waals surface area contributed by atoms with Gasteiger partial charge in [0.1, 0.15) is 0 Å². The van der Waals surface area contributed by atoms with Gasteiger partial charge < -0.3 is 0 Å². The summed E-state index contributed by atoms with van der Waals surface area (Å²) in [6.45, 7) is 4.50. The molecular formula is C15H24S. The van der Waals surface area contributed by atoms with Gasteiger partial charge in [0.25, 0.3) is 0 Å². The summed E-state index contributed by atoms with van der Waals surface area (Å²) in [6.07, 6.45) is 7.42. The van der Waals surface area contributed by atoms with Gasteiger partial charge in [0.05, 0.1) is 0 Å². The number of hydrogen-bond donors (Lipinski definition) is 1. The molecule has 1 heteroatoms. The second-order valence-corrected chi connectivity index (χ2v) is 5.46. The predicted molar refractivity (Wildman–Crippen MR) is 76.2 cm³/mol. The first-order chi connectivity index (χ1) is 7.73. The van der Waals surface area contributed by atoms with Gasteiger partial charge >= 0.3 is 0 Å². The molecule has 0 bridgehead atoms. The Bertz CT molecular complexity index is 271. The zero-order chi connectivity index (χ0) is 11.9. The van der Waals surface area contributed by atoms with Gasteiger partial charge in [-0.3, -0.25) is 0 Å². The van der Waals surface area contributed by atoms with Gasteiger partial charge in [0.2, 0.25) is 0 Å². The molecule has 0 N–H and O–H groups in total. The van der Waals surface area contributed by atoms with Gasteiger partial charge in [-0.15, -0.1) is 0 Å². The molecule has 0 atom stereocenters. The predicted octanol–water partition coefficient (Wildman–Crippen LogP) is 5.19. The molecule has 0 saturated carbocycles. The van der Waals surface area contributed by atoms with Crippen LogP contribution in [0, 0.1) is 0 Å². The van der Waals surface area contributed by atoms with Gasteiger partial charge in [-0.25, -0.2) is 0 Å². The van der Waals surface area contributed by atoms with Gasteiger partial charge in [-0.1, -0.05) is 69.9 Å². The first-order valence-electron chi connectivity index (χ1n) is 6.51. The van der Waals surface area contributed by atoms with E-state index in [1.54, 1.807) is 0 Å². The van der Waals surface area contributed by atoms with Crippen LogP contribution in [0.15, 0.2) is 30.3 Å². The smallest absolute Gasteiger partial charge is 0.0378 e. The monoisotopic (exact) mass is 236 g/mol. The summed E-state index contributed by atoms with van der Waals surface area (Å²) >= 11 is 4.98. The number of benzene rings is 1. The largest absolute Gasteiger partial charge is 0.168 e. The molecule has 0 radical (unpaired) electrons. The summed E-state index contributed by atoms with van der Waals surface area (Å²) in [6, 6.07) is 10.8. The Morgan fingerprint density at radius 1 is 0.938 bits per heavy atom. The van der Waals surface area contributed by atoms with Crippen LogP contribution >= 0.6 is 12.6 Å². The third-order valence-electron chi connectivity index (χ3n) is 3.20. The van der Waals surface area contributed by atoms with Gasteiger partial charge in [-0.2, -0.15) is 12.6 Å². The zero-order valence-corrected chi connectivity index (χ0v) is 11.5. The van der Waals surface area contributed by atoms with Crippen LogP contribution in [0.2, 0.25) is 0 Å². The van der Waals surface area contributed by atoms with Gasteiger partial charge in [0.15, 0.2) is 0 Å².